The van der Waals surface area contributed by atoms with Crippen molar-refractivity contribution in [2.24, 2.45) is 0 Å². The molecule has 0 bridgehead atoms. The van der Waals surface area contributed by atoms with Gasteiger partial charge in [0.15, 0.2) is 5.82 Å². The number of nitrogens with one attached hydrogen (secondary N) is 1. The van der Waals surface area contributed by atoms with E-state index in [1.54, 1.807) is 12.1 Å². The highest BCUT2D eigenvalue weighted by molar-refractivity contribution is 6.30. The van der Waals surface area contributed by atoms with Crippen LogP contribution < -0.4 is 4.74 Å². The zero-order chi connectivity index (χ0) is 33.8. The monoisotopic (exact) mass is 691 g/mol. The molecule has 48 heavy (non-hydrogen) atoms. The second-order valence-corrected chi connectivity index (χ2v) is 11.5. The number of imidazole rings is 1. The summed E-state index contributed by atoms with van der Waals surface area (Å²) in [5.41, 5.74) is 0.821. The summed E-state index contributed by atoms with van der Waals surface area (Å²) in [6.45, 7) is 0.511. The number of ether oxygens (including phenoxy) is 2. The maximum absolute atomic E-state index is 14.3. The first-order chi connectivity index (χ1) is 22.8. The first-order valence-corrected chi connectivity index (χ1v) is 14.7. The third kappa shape index (κ3) is 6.36. The number of benzene rings is 2. The van der Waals surface area contributed by atoms with E-state index in [0.717, 1.165) is 18.6 Å². The van der Waals surface area contributed by atoms with Gasteiger partial charge in [0.2, 0.25) is 11.7 Å². The largest absolute Gasteiger partial charge is 0.472 e. The van der Waals surface area contributed by atoms with Crippen molar-refractivity contribution >= 4 is 33.5 Å². The van der Waals surface area contributed by atoms with Crippen molar-refractivity contribution in [2.45, 2.75) is 44.4 Å². The maximum Gasteiger partial charge on any atom is 0.451 e. The van der Waals surface area contributed by atoms with Crippen molar-refractivity contribution in [3.8, 4) is 17.4 Å². The Balaban J connectivity index is 1.22. The van der Waals surface area contributed by atoms with Gasteiger partial charge in [0.05, 0.1) is 35.4 Å². The number of nitrogens with zero attached hydrogens (tertiary/aromatic N) is 6. The minimum atomic E-state index is -4.80. The molecule has 1 saturated heterocycles. The van der Waals surface area contributed by atoms with E-state index in [4.69, 9.17) is 26.1 Å². The van der Waals surface area contributed by atoms with Crippen LogP contribution in [0.25, 0.3) is 33.5 Å². The van der Waals surface area contributed by atoms with Crippen LogP contribution in [-0.2, 0) is 36.7 Å². The number of hydrogen-bond donors (Lipinski definition) is 1. The summed E-state index contributed by atoms with van der Waals surface area (Å²) in [5.74, 6) is -2.41. The standard InChI is InChI=1S/C31H21ClF7N7O2/c32-18-4-3-17(21(33)10-18)14-48-28-20(30(34,35)36)9-16-2-1-15(7-22(16)42-28)8-26-41-23-11-24(27-43-29(45-44-27)31(37,38)39)40-12-25(23)46(26)13-19-5-6-47-19/h1-4,7,9-12,19H,5-6,8,13-14H2,(H,43,44,45)/t19-/m0/s1. The number of halogens is 8. The van der Waals surface area contributed by atoms with Gasteiger partial charge in [0.25, 0.3) is 0 Å². The average Bonchev–Trinajstić information content (AvgIpc) is 3.63. The topological polar surface area (TPSA) is 104 Å². The van der Waals surface area contributed by atoms with E-state index in [-0.39, 0.29) is 45.5 Å². The molecule has 4 aromatic heterocycles. The lowest BCUT2D eigenvalue weighted by atomic mass is 10.1. The first-order valence-electron chi connectivity index (χ1n) is 14.4. The van der Waals surface area contributed by atoms with Crippen molar-refractivity contribution in [2.75, 3.05) is 6.61 Å². The van der Waals surface area contributed by atoms with E-state index < -0.39 is 42.0 Å². The zero-order valence-corrected chi connectivity index (χ0v) is 25.1. The molecule has 1 N–H and O–H groups in total. The molecule has 6 aromatic rings. The van der Waals surface area contributed by atoms with Crippen molar-refractivity contribution in [3.05, 3.63) is 93.9 Å². The number of fused-ring (bicyclic) bond motifs is 2. The highest BCUT2D eigenvalue weighted by atomic mass is 35.5. The van der Waals surface area contributed by atoms with Crippen LogP contribution in [0.4, 0.5) is 30.7 Å². The lowest BCUT2D eigenvalue weighted by Crippen LogP contribution is -2.31. The molecule has 0 unspecified atom stereocenters. The molecule has 17 heteroatoms. The van der Waals surface area contributed by atoms with Crippen LogP contribution in [0.2, 0.25) is 5.02 Å². The number of H-pyrrole nitrogens is 1. The predicted octanol–water partition coefficient (Wildman–Crippen LogP) is 7.55. The molecule has 1 atom stereocenters. The third-order valence-corrected chi connectivity index (χ3v) is 8.01. The van der Waals surface area contributed by atoms with Gasteiger partial charge < -0.3 is 14.0 Å². The Morgan fingerprint density at radius 3 is 2.46 bits per heavy atom. The molecule has 0 saturated carbocycles. The van der Waals surface area contributed by atoms with E-state index >= 15 is 0 Å². The first kappa shape index (κ1) is 31.8. The number of aromatic nitrogens is 7. The minimum absolute atomic E-state index is 0.000902. The summed E-state index contributed by atoms with van der Waals surface area (Å²) >= 11 is 5.77. The third-order valence-electron chi connectivity index (χ3n) is 7.77. The van der Waals surface area contributed by atoms with Crippen LogP contribution in [0.1, 0.15) is 34.8 Å². The van der Waals surface area contributed by atoms with Crippen molar-refractivity contribution in [1.82, 2.24) is 34.7 Å². The Morgan fingerprint density at radius 1 is 0.958 bits per heavy atom. The summed E-state index contributed by atoms with van der Waals surface area (Å²) in [7, 11) is 0. The lowest BCUT2D eigenvalue weighted by molar-refractivity contribution is -0.144. The Morgan fingerprint density at radius 2 is 1.77 bits per heavy atom. The smallest absolute Gasteiger partial charge is 0.451 e. The highest BCUT2D eigenvalue weighted by Crippen LogP contribution is 2.38. The molecule has 0 amide bonds. The molecule has 2 aromatic carbocycles. The summed E-state index contributed by atoms with van der Waals surface area (Å²) in [6, 6.07) is 10.9. The Bertz CT molecular complexity index is 2160. The zero-order valence-electron chi connectivity index (χ0n) is 24.3. The highest BCUT2D eigenvalue weighted by Gasteiger charge is 2.37. The molecule has 5 heterocycles. The Hall–Kier alpha value is -4.83. The number of aromatic amines is 1. The van der Waals surface area contributed by atoms with Crippen molar-refractivity contribution < 1.29 is 40.2 Å². The number of hydrogen-bond acceptors (Lipinski definition) is 7. The fourth-order valence-corrected chi connectivity index (χ4v) is 5.41. The van der Waals surface area contributed by atoms with Crippen LogP contribution in [0.15, 0.2) is 54.7 Å². The van der Waals surface area contributed by atoms with Gasteiger partial charge in [-0.3, -0.25) is 10.1 Å². The van der Waals surface area contributed by atoms with Gasteiger partial charge in [-0.15, -0.1) is 0 Å². The van der Waals surface area contributed by atoms with Crippen LogP contribution in [0.3, 0.4) is 0 Å². The Kier molecular flexibility index (Phi) is 7.94. The number of rotatable bonds is 8. The maximum atomic E-state index is 14.3. The summed E-state index contributed by atoms with van der Waals surface area (Å²) in [5, 5.41) is 5.83. The van der Waals surface area contributed by atoms with E-state index in [1.165, 1.54) is 30.5 Å². The molecule has 0 radical (unpaired) electrons. The van der Waals surface area contributed by atoms with E-state index in [2.05, 4.69) is 20.1 Å². The normalized spacial score (nSPS) is 15.3. The summed E-state index contributed by atoms with van der Waals surface area (Å²) in [6.07, 6.45) is -7.11. The number of alkyl halides is 6. The molecule has 248 valence electrons. The lowest BCUT2D eigenvalue weighted by Gasteiger charge is -2.27. The second kappa shape index (κ2) is 12.0. The van der Waals surface area contributed by atoms with Crippen molar-refractivity contribution in [1.29, 1.82) is 0 Å². The van der Waals surface area contributed by atoms with E-state index in [1.807, 2.05) is 9.67 Å². The van der Waals surface area contributed by atoms with Gasteiger partial charge in [-0.1, -0.05) is 29.8 Å². The minimum Gasteiger partial charge on any atom is -0.472 e. The van der Waals surface area contributed by atoms with E-state index in [0.29, 0.717) is 35.6 Å². The molecule has 1 aliphatic rings. The summed E-state index contributed by atoms with van der Waals surface area (Å²) in [4.78, 5) is 16.7. The van der Waals surface area contributed by atoms with Gasteiger partial charge in [0, 0.05) is 29.0 Å². The van der Waals surface area contributed by atoms with Gasteiger partial charge in [-0.05, 0) is 42.3 Å². The molecule has 7 rings (SSSR count). The van der Waals surface area contributed by atoms with Gasteiger partial charge in [-0.25, -0.2) is 19.3 Å². The molecular formula is C31H21ClF7N7O2. The SMILES string of the molecule is Fc1cc(Cl)ccc1COc1nc2cc(Cc3nc4cc(-c5n[nH]c(C(F)(F)F)n5)ncc4n3C[C@@H]3CCO3)ccc2cc1C(F)(F)F. The predicted molar refractivity (Wildman–Crippen MR) is 158 cm³/mol. The van der Waals surface area contributed by atoms with Gasteiger partial charge in [-0.2, -0.15) is 31.4 Å². The van der Waals surface area contributed by atoms with E-state index in [9.17, 15) is 30.7 Å². The Labute approximate surface area is 270 Å². The van der Waals surface area contributed by atoms with Crippen LogP contribution in [-0.4, -0.2) is 47.4 Å². The van der Waals surface area contributed by atoms with Gasteiger partial charge in [0.1, 0.15) is 29.5 Å². The fraction of sp³-hybridized carbons (Fsp3) is 0.258. The van der Waals surface area contributed by atoms with Crippen molar-refractivity contribution in [3.63, 3.8) is 0 Å². The van der Waals surface area contributed by atoms with Crippen LogP contribution in [0.5, 0.6) is 5.88 Å². The molecule has 0 spiro atoms. The quantitative estimate of drug-likeness (QED) is 0.164. The van der Waals surface area contributed by atoms with Crippen LogP contribution >= 0.6 is 11.6 Å². The molecule has 9 nitrogen and oxygen atoms in total. The molecular weight excluding hydrogens is 671 g/mol. The molecule has 1 aliphatic heterocycles. The summed E-state index contributed by atoms with van der Waals surface area (Å²) < 4.78 is 108. The van der Waals surface area contributed by atoms with Gasteiger partial charge >= 0.3 is 12.4 Å². The average molecular weight is 692 g/mol. The van der Waals surface area contributed by atoms with Crippen LogP contribution in [0, 0.1) is 5.82 Å². The molecule has 0 aliphatic carbocycles. The number of pyridine rings is 2. The second-order valence-electron chi connectivity index (χ2n) is 11.1. The fourth-order valence-electron chi connectivity index (χ4n) is 5.26. The molecule has 1 fully saturated rings.